The Bertz CT molecular complexity index is 1400. The Hall–Kier alpha value is -4.56. The van der Waals surface area contributed by atoms with E-state index in [1.807, 2.05) is 36.4 Å². The van der Waals surface area contributed by atoms with E-state index in [1.54, 1.807) is 37.4 Å². The third kappa shape index (κ3) is 5.08. The molecule has 0 radical (unpaired) electrons. The lowest BCUT2D eigenvalue weighted by molar-refractivity contribution is -0.112. The van der Waals surface area contributed by atoms with E-state index < -0.39 is 5.91 Å². The van der Waals surface area contributed by atoms with Crippen LogP contribution in [-0.4, -0.2) is 13.0 Å². The van der Waals surface area contributed by atoms with Gasteiger partial charge in [0.1, 0.15) is 29.7 Å². The number of hydrogen-bond donors (Lipinski definition) is 1. The Morgan fingerprint density at radius 3 is 2.53 bits per heavy atom. The molecular weight excluding hydrogens is 424 g/mol. The molecule has 0 bridgehead atoms. The lowest BCUT2D eigenvalue weighted by atomic mass is 10.0. The molecule has 4 aromatic carbocycles. The van der Waals surface area contributed by atoms with Crippen LogP contribution in [0, 0.1) is 18.3 Å². The first kappa shape index (κ1) is 22.6. The zero-order valence-corrected chi connectivity index (χ0v) is 19.0. The van der Waals surface area contributed by atoms with E-state index in [0.29, 0.717) is 29.4 Å². The number of carbonyl (C=O) groups is 1. The molecule has 4 aromatic rings. The zero-order valence-electron chi connectivity index (χ0n) is 19.0. The summed E-state index contributed by atoms with van der Waals surface area (Å²) in [5.74, 6) is 0.654. The molecule has 0 fully saturated rings. The maximum Gasteiger partial charge on any atom is 0.266 e. The van der Waals surface area contributed by atoms with Crippen molar-refractivity contribution in [2.24, 2.45) is 0 Å². The summed E-state index contributed by atoms with van der Waals surface area (Å²) in [6.45, 7) is 2.39. The Labute approximate surface area is 198 Å². The fourth-order valence-electron chi connectivity index (χ4n) is 3.70. The molecule has 5 nitrogen and oxygen atoms in total. The average molecular weight is 449 g/mol. The first-order valence-corrected chi connectivity index (χ1v) is 10.9. The Balaban J connectivity index is 1.65. The summed E-state index contributed by atoms with van der Waals surface area (Å²) >= 11 is 0. The number of hydrogen-bond acceptors (Lipinski definition) is 4. The number of nitriles is 1. The van der Waals surface area contributed by atoms with E-state index in [2.05, 4.69) is 36.5 Å². The molecule has 0 heterocycles. The first-order valence-electron chi connectivity index (χ1n) is 10.9. The van der Waals surface area contributed by atoms with Crippen molar-refractivity contribution < 1.29 is 14.3 Å². The van der Waals surface area contributed by atoms with E-state index >= 15 is 0 Å². The van der Waals surface area contributed by atoms with Crippen molar-refractivity contribution in [1.82, 2.24) is 0 Å². The second kappa shape index (κ2) is 10.4. The minimum absolute atomic E-state index is 0.0276. The monoisotopic (exact) mass is 448 g/mol. The molecule has 0 unspecified atom stereocenters. The SMILES string of the molecule is COc1ccc(/C=C(\C#N)C(=O)Nc2ccccc2)c(OCc2c(C)ccc3ccccc23)c1. The second-order valence-electron chi connectivity index (χ2n) is 7.76. The maximum absolute atomic E-state index is 12.7. The highest BCUT2D eigenvalue weighted by molar-refractivity contribution is 6.09. The first-order chi connectivity index (χ1) is 16.6. The predicted molar refractivity (Wildman–Crippen MR) is 135 cm³/mol. The van der Waals surface area contributed by atoms with Crippen molar-refractivity contribution in [3.63, 3.8) is 0 Å². The number of benzene rings is 4. The highest BCUT2D eigenvalue weighted by atomic mass is 16.5. The van der Waals surface area contributed by atoms with Crippen LogP contribution in [0.5, 0.6) is 11.5 Å². The minimum atomic E-state index is -0.486. The van der Waals surface area contributed by atoms with E-state index in [0.717, 1.165) is 21.9 Å². The van der Waals surface area contributed by atoms with Gasteiger partial charge in [0, 0.05) is 22.9 Å². The summed E-state index contributed by atoms with van der Waals surface area (Å²) in [6, 6.07) is 28.7. The molecule has 4 rings (SSSR count). The quantitative estimate of drug-likeness (QED) is 0.267. The lowest BCUT2D eigenvalue weighted by Gasteiger charge is -2.15. The van der Waals surface area contributed by atoms with Gasteiger partial charge in [-0.3, -0.25) is 4.79 Å². The Morgan fingerprint density at radius 2 is 1.76 bits per heavy atom. The molecule has 34 heavy (non-hydrogen) atoms. The summed E-state index contributed by atoms with van der Waals surface area (Å²) in [7, 11) is 1.58. The van der Waals surface area contributed by atoms with Gasteiger partial charge in [-0.2, -0.15) is 5.26 Å². The number of nitrogens with one attached hydrogen (secondary N) is 1. The molecule has 0 aromatic heterocycles. The van der Waals surface area contributed by atoms with Crippen LogP contribution in [0.4, 0.5) is 5.69 Å². The standard InChI is InChI=1S/C29H24N2O3/c1-20-12-13-21-8-6-7-11-26(21)27(20)19-34-28-17-25(33-2)15-14-22(28)16-23(18-30)29(32)31-24-9-4-3-5-10-24/h3-17H,19H2,1-2H3,(H,31,32)/b23-16+. The van der Waals surface area contributed by atoms with Gasteiger partial charge >= 0.3 is 0 Å². The number of nitrogens with zero attached hydrogens (tertiary/aromatic N) is 1. The van der Waals surface area contributed by atoms with Crippen molar-refractivity contribution in [1.29, 1.82) is 5.26 Å². The van der Waals surface area contributed by atoms with Gasteiger partial charge in [0.15, 0.2) is 0 Å². The van der Waals surface area contributed by atoms with Crippen LogP contribution >= 0.6 is 0 Å². The molecule has 168 valence electrons. The number of fused-ring (bicyclic) bond motifs is 1. The molecular formula is C29H24N2O3. The van der Waals surface area contributed by atoms with Crippen LogP contribution in [0.15, 0.2) is 90.5 Å². The van der Waals surface area contributed by atoms with Gasteiger partial charge in [-0.15, -0.1) is 0 Å². The average Bonchev–Trinajstić information content (AvgIpc) is 2.87. The third-order valence-corrected chi connectivity index (χ3v) is 5.56. The molecule has 0 spiro atoms. The molecule has 1 amide bonds. The van der Waals surface area contributed by atoms with Gasteiger partial charge in [0.2, 0.25) is 0 Å². The highest BCUT2D eigenvalue weighted by Gasteiger charge is 2.13. The third-order valence-electron chi connectivity index (χ3n) is 5.56. The van der Waals surface area contributed by atoms with Crippen molar-refractivity contribution >= 4 is 28.4 Å². The van der Waals surface area contributed by atoms with Gasteiger partial charge in [-0.25, -0.2) is 0 Å². The highest BCUT2D eigenvalue weighted by Crippen LogP contribution is 2.30. The van der Waals surface area contributed by atoms with Crippen LogP contribution in [0.25, 0.3) is 16.8 Å². The van der Waals surface area contributed by atoms with Crippen LogP contribution in [0.2, 0.25) is 0 Å². The number of anilines is 1. The van der Waals surface area contributed by atoms with Crippen molar-refractivity contribution in [3.05, 3.63) is 107 Å². The summed E-state index contributed by atoms with van der Waals surface area (Å²) in [5.41, 5.74) is 3.40. The van der Waals surface area contributed by atoms with Crippen LogP contribution in [0.1, 0.15) is 16.7 Å². The number of methoxy groups -OCH3 is 1. The minimum Gasteiger partial charge on any atom is -0.497 e. The number of rotatable bonds is 7. The van der Waals surface area contributed by atoms with Crippen molar-refractivity contribution in [2.75, 3.05) is 12.4 Å². The van der Waals surface area contributed by atoms with E-state index in [-0.39, 0.29) is 5.57 Å². The molecule has 5 heteroatoms. The summed E-state index contributed by atoms with van der Waals surface area (Å²) in [6.07, 6.45) is 1.53. The second-order valence-corrected chi connectivity index (χ2v) is 7.76. The molecule has 0 saturated carbocycles. The zero-order chi connectivity index (χ0) is 23.9. The molecule has 0 saturated heterocycles. The smallest absolute Gasteiger partial charge is 0.266 e. The van der Waals surface area contributed by atoms with E-state index in [4.69, 9.17) is 9.47 Å². The topological polar surface area (TPSA) is 71.3 Å². The fourth-order valence-corrected chi connectivity index (χ4v) is 3.70. The Morgan fingerprint density at radius 1 is 1.00 bits per heavy atom. The lowest BCUT2D eigenvalue weighted by Crippen LogP contribution is -2.13. The molecule has 0 aliphatic heterocycles. The van der Waals surface area contributed by atoms with Gasteiger partial charge < -0.3 is 14.8 Å². The number of amides is 1. The van der Waals surface area contributed by atoms with Crippen LogP contribution in [0.3, 0.4) is 0 Å². The Kier molecular flexibility index (Phi) is 6.90. The normalized spacial score (nSPS) is 11.0. The van der Waals surface area contributed by atoms with Crippen molar-refractivity contribution in [3.8, 4) is 17.6 Å². The number of carbonyl (C=O) groups excluding carboxylic acids is 1. The van der Waals surface area contributed by atoms with Gasteiger partial charge in [-0.05, 0) is 53.6 Å². The predicted octanol–water partition coefficient (Wildman–Crippen LogP) is 6.28. The van der Waals surface area contributed by atoms with Gasteiger partial charge in [-0.1, -0.05) is 54.6 Å². The van der Waals surface area contributed by atoms with Gasteiger partial charge in [0.25, 0.3) is 5.91 Å². The number of ether oxygens (including phenoxy) is 2. The van der Waals surface area contributed by atoms with Crippen LogP contribution < -0.4 is 14.8 Å². The molecule has 0 aliphatic rings. The van der Waals surface area contributed by atoms with Gasteiger partial charge in [0.05, 0.1) is 7.11 Å². The molecule has 1 N–H and O–H groups in total. The summed E-state index contributed by atoms with van der Waals surface area (Å²) in [4.78, 5) is 12.7. The molecule has 0 atom stereocenters. The summed E-state index contributed by atoms with van der Waals surface area (Å²) < 4.78 is 11.6. The van der Waals surface area contributed by atoms with Crippen molar-refractivity contribution in [2.45, 2.75) is 13.5 Å². The largest absolute Gasteiger partial charge is 0.497 e. The fraction of sp³-hybridized carbons (Fsp3) is 0.103. The summed E-state index contributed by atoms with van der Waals surface area (Å²) in [5, 5.41) is 14.7. The molecule has 0 aliphatic carbocycles. The maximum atomic E-state index is 12.7. The van der Waals surface area contributed by atoms with E-state index in [1.165, 1.54) is 6.08 Å². The van der Waals surface area contributed by atoms with E-state index in [9.17, 15) is 10.1 Å². The van der Waals surface area contributed by atoms with Crippen LogP contribution in [-0.2, 0) is 11.4 Å². The number of para-hydroxylation sites is 1. The number of aryl methyl sites for hydroxylation is 1.